The van der Waals surface area contributed by atoms with Gasteiger partial charge in [0, 0.05) is 5.39 Å². The average Bonchev–Trinajstić information content (AvgIpc) is 2.08. The number of aryl methyl sites for hydroxylation is 1. The zero-order valence-electron chi connectivity index (χ0n) is 7.20. The first kappa shape index (κ1) is 7.86. The predicted octanol–water partition coefficient (Wildman–Crippen LogP) is 1.68. The summed E-state index contributed by atoms with van der Waals surface area (Å²) in [6.45, 7) is 1.94. The van der Waals surface area contributed by atoms with Crippen LogP contribution in [-0.4, -0.2) is 0 Å². The van der Waals surface area contributed by atoms with Crippen LogP contribution in [0, 0.1) is 6.92 Å². The molecule has 0 unspecified atom stereocenters. The predicted molar refractivity (Wildman–Crippen MR) is 51.6 cm³/mol. The Bertz CT molecular complexity index is 514. The highest BCUT2D eigenvalue weighted by Crippen LogP contribution is 2.15. The fourth-order valence-electron chi connectivity index (χ4n) is 1.23. The monoisotopic (exact) mass is 175 g/mol. The Balaban J connectivity index is 2.89. The van der Waals surface area contributed by atoms with Crippen LogP contribution in [0.1, 0.15) is 5.56 Å². The van der Waals surface area contributed by atoms with Gasteiger partial charge in [0.2, 0.25) is 0 Å². The molecule has 0 aliphatic carbocycles. The van der Waals surface area contributed by atoms with E-state index >= 15 is 0 Å². The van der Waals surface area contributed by atoms with Crippen molar-refractivity contribution in [2.75, 3.05) is 5.73 Å². The van der Waals surface area contributed by atoms with Crippen molar-refractivity contribution in [1.29, 1.82) is 0 Å². The Hall–Kier alpha value is -1.77. The lowest BCUT2D eigenvalue weighted by Crippen LogP contribution is -2.05. The second-order valence-corrected chi connectivity index (χ2v) is 3.03. The van der Waals surface area contributed by atoms with Gasteiger partial charge in [-0.3, -0.25) is 0 Å². The Kier molecular flexibility index (Phi) is 1.59. The summed E-state index contributed by atoms with van der Waals surface area (Å²) in [6, 6.07) is 7.27. The zero-order chi connectivity index (χ0) is 9.42. The van der Waals surface area contributed by atoms with Crippen LogP contribution >= 0.6 is 0 Å². The van der Waals surface area contributed by atoms with Crippen molar-refractivity contribution in [3.63, 3.8) is 0 Å². The first-order chi connectivity index (χ1) is 6.16. The molecule has 0 aliphatic heterocycles. The fourth-order valence-corrected chi connectivity index (χ4v) is 1.23. The van der Waals surface area contributed by atoms with Gasteiger partial charge < -0.3 is 10.2 Å². The van der Waals surface area contributed by atoms with Crippen LogP contribution in [0.4, 0.5) is 5.69 Å². The fraction of sp³-hybridized carbons (Fsp3) is 0.100. The molecule has 2 N–H and O–H groups in total. The van der Waals surface area contributed by atoms with Crippen LogP contribution < -0.4 is 11.4 Å². The lowest BCUT2D eigenvalue weighted by molar-refractivity contribution is 0.564. The van der Waals surface area contributed by atoms with Gasteiger partial charge in [-0.05, 0) is 24.6 Å². The molecule has 3 heteroatoms. The maximum absolute atomic E-state index is 11.1. The minimum atomic E-state index is -0.474. The average molecular weight is 175 g/mol. The molecule has 2 aromatic rings. The van der Waals surface area contributed by atoms with Crippen LogP contribution in [0.5, 0.6) is 0 Å². The minimum Gasteiger partial charge on any atom is -0.421 e. The third kappa shape index (κ3) is 1.28. The van der Waals surface area contributed by atoms with Crippen molar-refractivity contribution in [2.24, 2.45) is 0 Å². The molecule has 0 amide bonds. The maximum atomic E-state index is 11.1. The van der Waals surface area contributed by atoms with Crippen LogP contribution in [0.15, 0.2) is 33.5 Å². The molecule has 0 fully saturated rings. The van der Waals surface area contributed by atoms with Crippen molar-refractivity contribution in [2.45, 2.75) is 6.92 Å². The number of hydrogen-bond acceptors (Lipinski definition) is 3. The normalized spacial score (nSPS) is 10.5. The summed E-state index contributed by atoms with van der Waals surface area (Å²) in [4.78, 5) is 11.1. The molecule has 66 valence electrons. The number of nitrogens with two attached hydrogens (primary N) is 1. The third-order valence-corrected chi connectivity index (χ3v) is 1.92. The third-order valence-electron chi connectivity index (χ3n) is 1.92. The summed E-state index contributed by atoms with van der Waals surface area (Å²) >= 11 is 0. The van der Waals surface area contributed by atoms with Crippen molar-refractivity contribution in [3.8, 4) is 0 Å². The van der Waals surface area contributed by atoms with Crippen molar-refractivity contribution < 1.29 is 4.42 Å². The van der Waals surface area contributed by atoms with Crippen molar-refractivity contribution in [1.82, 2.24) is 0 Å². The van der Waals surface area contributed by atoms with E-state index in [2.05, 4.69) is 0 Å². The second kappa shape index (κ2) is 2.62. The first-order valence-corrected chi connectivity index (χ1v) is 3.97. The molecule has 1 heterocycles. The van der Waals surface area contributed by atoms with E-state index in [9.17, 15) is 4.79 Å². The molecule has 0 radical (unpaired) electrons. The summed E-state index contributed by atoms with van der Waals surface area (Å²) in [6.07, 6.45) is 0. The van der Waals surface area contributed by atoms with Crippen LogP contribution in [-0.2, 0) is 0 Å². The van der Waals surface area contributed by atoms with E-state index in [1.807, 2.05) is 25.1 Å². The van der Waals surface area contributed by atoms with Gasteiger partial charge in [0.15, 0.2) is 0 Å². The summed E-state index contributed by atoms with van der Waals surface area (Å²) < 4.78 is 4.99. The maximum Gasteiger partial charge on any atom is 0.359 e. The summed E-state index contributed by atoms with van der Waals surface area (Å²) in [5.41, 5.74) is 6.73. The summed E-state index contributed by atoms with van der Waals surface area (Å²) in [5.74, 6) is 0. The van der Waals surface area contributed by atoms with Crippen LogP contribution in [0.3, 0.4) is 0 Å². The highest BCUT2D eigenvalue weighted by molar-refractivity contribution is 5.79. The molecule has 1 aromatic heterocycles. The van der Waals surface area contributed by atoms with E-state index < -0.39 is 5.63 Å². The van der Waals surface area contributed by atoms with Gasteiger partial charge >= 0.3 is 5.63 Å². The molecule has 3 nitrogen and oxygen atoms in total. The number of nitrogen functional groups attached to an aromatic ring is 1. The molecule has 0 saturated carbocycles. The zero-order valence-corrected chi connectivity index (χ0v) is 7.20. The molecule has 0 spiro atoms. The van der Waals surface area contributed by atoms with Gasteiger partial charge in [-0.25, -0.2) is 4.79 Å². The molecule has 0 atom stereocenters. The van der Waals surface area contributed by atoms with Crippen LogP contribution in [0.25, 0.3) is 11.0 Å². The van der Waals surface area contributed by atoms with E-state index in [1.54, 1.807) is 6.07 Å². The first-order valence-electron chi connectivity index (χ1n) is 3.97. The quantitative estimate of drug-likeness (QED) is 0.620. The van der Waals surface area contributed by atoms with Gasteiger partial charge in [0.05, 0.1) is 0 Å². The summed E-state index contributed by atoms with van der Waals surface area (Å²) in [7, 11) is 0. The highest BCUT2D eigenvalue weighted by atomic mass is 16.4. The van der Waals surface area contributed by atoms with Crippen molar-refractivity contribution in [3.05, 3.63) is 40.2 Å². The number of benzene rings is 1. The Labute approximate surface area is 74.8 Å². The largest absolute Gasteiger partial charge is 0.421 e. The van der Waals surface area contributed by atoms with E-state index in [0.717, 1.165) is 10.9 Å². The molecule has 2 rings (SSSR count). The molecule has 13 heavy (non-hydrogen) atoms. The Morgan fingerprint density at radius 3 is 2.85 bits per heavy atom. The van der Waals surface area contributed by atoms with Gasteiger partial charge in [-0.1, -0.05) is 12.1 Å². The topological polar surface area (TPSA) is 56.2 Å². The summed E-state index contributed by atoms with van der Waals surface area (Å²) in [5, 5.41) is 0.850. The van der Waals surface area contributed by atoms with E-state index in [0.29, 0.717) is 5.58 Å². The van der Waals surface area contributed by atoms with E-state index in [-0.39, 0.29) is 5.69 Å². The van der Waals surface area contributed by atoms with E-state index in [1.165, 1.54) is 0 Å². The second-order valence-electron chi connectivity index (χ2n) is 3.03. The van der Waals surface area contributed by atoms with Gasteiger partial charge in [-0.15, -0.1) is 0 Å². The number of fused-ring (bicyclic) bond motifs is 1. The molecule has 1 aromatic carbocycles. The molecule has 0 aliphatic rings. The SMILES string of the molecule is Cc1ccc2cc(N)c(=O)oc2c1. The molecule has 0 saturated heterocycles. The standard InChI is InChI=1S/C10H9NO2/c1-6-2-3-7-5-8(11)10(12)13-9(7)4-6/h2-5H,11H2,1H3. The molecular formula is C10H9NO2. The Morgan fingerprint density at radius 2 is 2.08 bits per heavy atom. The lowest BCUT2D eigenvalue weighted by Gasteiger charge is -1.98. The van der Waals surface area contributed by atoms with Crippen molar-refractivity contribution >= 4 is 16.7 Å². The van der Waals surface area contributed by atoms with E-state index in [4.69, 9.17) is 10.2 Å². The van der Waals surface area contributed by atoms with Gasteiger partial charge in [-0.2, -0.15) is 0 Å². The Morgan fingerprint density at radius 1 is 1.31 bits per heavy atom. The molecular weight excluding hydrogens is 166 g/mol. The minimum absolute atomic E-state index is 0.149. The van der Waals surface area contributed by atoms with Gasteiger partial charge in [0.25, 0.3) is 0 Å². The lowest BCUT2D eigenvalue weighted by atomic mass is 10.2. The van der Waals surface area contributed by atoms with Crippen LogP contribution in [0.2, 0.25) is 0 Å². The smallest absolute Gasteiger partial charge is 0.359 e. The number of anilines is 1. The number of rotatable bonds is 0. The van der Waals surface area contributed by atoms with Gasteiger partial charge in [0.1, 0.15) is 11.3 Å². The number of hydrogen-bond donors (Lipinski definition) is 1. The highest BCUT2D eigenvalue weighted by Gasteiger charge is 2.00. The molecule has 0 bridgehead atoms.